The fraction of sp³-hybridized carbons (Fsp3) is 0.263. The minimum atomic E-state index is -0.494. The number of pyridine rings is 1. The van der Waals surface area contributed by atoms with E-state index in [2.05, 4.69) is 20.5 Å². The van der Waals surface area contributed by atoms with Gasteiger partial charge in [-0.1, -0.05) is 24.8 Å². The van der Waals surface area contributed by atoms with Gasteiger partial charge in [-0.05, 0) is 31.5 Å². The highest BCUT2D eigenvalue weighted by molar-refractivity contribution is 8.00. The van der Waals surface area contributed by atoms with Crippen molar-refractivity contribution in [1.82, 2.24) is 19.7 Å². The Morgan fingerprint density at radius 3 is 2.66 bits per heavy atom. The van der Waals surface area contributed by atoms with Gasteiger partial charge in [-0.2, -0.15) is 0 Å². The first kappa shape index (κ1) is 20.5. The van der Waals surface area contributed by atoms with E-state index in [9.17, 15) is 14.9 Å². The quantitative estimate of drug-likeness (QED) is 0.340. The van der Waals surface area contributed by atoms with Crippen LogP contribution in [-0.2, 0) is 11.3 Å². The first-order chi connectivity index (χ1) is 14.0. The first-order valence-corrected chi connectivity index (χ1v) is 9.97. The van der Waals surface area contributed by atoms with Crippen molar-refractivity contribution < 1.29 is 9.72 Å². The van der Waals surface area contributed by atoms with Crippen molar-refractivity contribution in [1.29, 1.82) is 0 Å². The number of nitrogens with one attached hydrogen (secondary N) is 1. The predicted molar refractivity (Wildman–Crippen MR) is 111 cm³/mol. The SMILES string of the molecule is CCC(Sc1nnc(-c2ccncc2)n1CC)C(=O)Nc1cccc([N+](=O)[O-])c1. The molecule has 0 saturated carbocycles. The number of carbonyl (C=O) groups is 1. The van der Waals surface area contributed by atoms with Gasteiger partial charge in [-0.15, -0.1) is 10.2 Å². The van der Waals surface area contributed by atoms with E-state index in [4.69, 9.17) is 0 Å². The monoisotopic (exact) mass is 412 g/mol. The highest BCUT2D eigenvalue weighted by atomic mass is 32.2. The number of carbonyl (C=O) groups excluding carboxylic acids is 1. The Morgan fingerprint density at radius 1 is 1.24 bits per heavy atom. The average Bonchev–Trinajstić information content (AvgIpc) is 3.15. The Morgan fingerprint density at radius 2 is 2.00 bits per heavy atom. The molecule has 0 fully saturated rings. The van der Waals surface area contributed by atoms with Crippen molar-refractivity contribution in [3.63, 3.8) is 0 Å². The van der Waals surface area contributed by atoms with Gasteiger partial charge in [0.2, 0.25) is 5.91 Å². The van der Waals surface area contributed by atoms with Crippen LogP contribution in [0.3, 0.4) is 0 Å². The molecule has 0 radical (unpaired) electrons. The lowest BCUT2D eigenvalue weighted by Crippen LogP contribution is -2.25. The molecule has 1 N–H and O–H groups in total. The average molecular weight is 412 g/mol. The van der Waals surface area contributed by atoms with Crippen molar-refractivity contribution in [2.24, 2.45) is 0 Å². The lowest BCUT2D eigenvalue weighted by atomic mass is 10.2. The Balaban J connectivity index is 1.78. The van der Waals surface area contributed by atoms with Gasteiger partial charge in [0, 0.05) is 42.3 Å². The van der Waals surface area contributed by atoms with Crippen LogP contribution >= 0.6 is 11.8 Å². The van der Waals surface area contributed by atoms with Gasteiger partial charge in [0.05, 0.1) is 10.2 Å². The molecule has 1 atom stereocenters. The number of rotatable bonds is 8. The second-order valence-electron chi connectivity index (χ2n) is 6.10. The summed E-state index contributed by atoms with van der Waals surface area (Å²) in [7, 11) is 0. The molecule has 2 aromatic heterocycles. The number of nitro benzene ring substituents is 1. The standard InChI is InChI=1S/C19H20N6O3S/c1-3-16(18(26)21-14-6-5-7-15(12-14)25(27)28)29-19-23-22-17(24(19)4-2)13-8-10-20-11-9-13/h5-12,16H,3-4H2,1-2H3,(H,21,26). The number of nitro groups is 1. The van der Waals surface area contributed by atoms with E-state index in [1.807, 2.05) is 30.5 Å². The van der Waals surface area contributed by atoms with E-state index in [-0.39, 0.29) is 11.6 Å². The van der Waals surface area contributed by atoms with Crippen LogP contribution < -0.4 is 5.32 Å². The summed E-state index contributed by atoms with van der Waals surface area (Å²) in [6.07, 6.45) is 3.95. The molecule has 0 aliphatic heterocycles. The summed E-state index contributed by atoms with van der Waals surface area (Å²) in [5.74, 6) is 0.473. The number of aromatic nitrogens is 4. The highest BCUT2D eigenvalue weighted by Gasteiger charge is 2.23. The van der Waals surface area contributed by atoms with Crippen molar-refractivity contribution >= 4 is 29.0 Å². The van der Waals surface area contributed by atoms with E-state index in [0.29, 0.717) is 29.6 Å². The smallest absolute Gasteiger partial charge is 0.271 e. The molecule has 0 aliphatic carbocycles. The summed E-state index contributed by atoms with van der Waals surface area (Å²) in [6, 6.07) is 9.60. The van der Waals surface area contributed by atoms with Crippen LogP contribution in [0.2, 0.25) is 0 Å². The second-order valence-corrected chi connectivity index (χ2v) is 7.27. The van der Waals surface area contributed by atoms with Gasteiger partial charge < -0.3 is 9.88 Å². The molecule has 2 heterocycles. The molecule has 150 valence electrons. The third kappa shape index (κ3) is 4.77. The maximum atomic E-state index is 12.7. The van der Waals surface area contributed by atoms with Crippen LogP contribution in [0.1, 0.15) is 20.3 Å². The van der Waals surface area contributed by atoms with Crippen LogP contribution in [0.5, 0.6) is 0 Å². The normalized spacial score (nSPS) is 11.8. The van der Waals surface area contributed by atoms with Crippen LogP contribution in [0.4, 0.5) is 11.4 Å². The maximum absolute atomic E-state index is 12.7. The van der Waals surface area contributed by atoms with E-state index in [1.54, 1.807) is 18.5 Å². The molecule has 0 spiro atoms. The molecule has 3 rings (SSSR count). The number of amides is 1. The number of benzene rings is 1. The molecule has 0 saturated heterocycles. The number of non-ortho nitro benzene ring substituents is 1. The summed E-state index contributed by atoms with van der Waals surface area (Å²) >= 11 is 1.32. The molecule has 0 bridgehead atoms. The summed E-state index contributed by atoms with van der Waals surface area (Å²) in [6.45, 7) is 4.54. The van der Waals surface area contributed by atoms with E-state index in [1.165, 1.54) is 30.0 Å². The van der Waals surface area contributed by atoms with E-state index in [0.717, 1.165) is 5.56 Å². The van der Waals surface area contributed by atoms with Crippen molar-refractivity contribution in [3.05, 3.63) is 58.9 Å². The van der Waals surface area contributed by atoms with Crippen molar-refractivity contribution in [2.45, 2.75) is 37.2 Å². The minimum absolute atomic E-state index is 0.0729. The molecule has 29 heavy (non-hydrogen) atoms. The fourth-order valence-electron chi connectivity index (χ4n) is 2.74. The molecule has 10 heteroatoms. The molecular formula is C19H20N6O3S. The summed E-state index contributed by atoms with van der Waals surface area (Å²) in [5.41, 5.74) is 1.21. The zero-order valence-corrected chi connectivity index (χ0v) is 16.8. The first-order valence-electron chi connectivity index (χ1n) is 9.09. The number of thioether (sulfide) groups is 1. The highest BCUT2D eigenvalue weighted by Crippen LogP contribution is 2.29. The molecule has 1 amide bonds. The van der Waals surface area contributed by atoms with Crippen LogP contribution in [0, 0.1) is 10.1 Å². The molecule has 1 unspecified atom stereocenters. The van der Waals surface area contributed by atoms with Crippen molar-refractivity contribution in [3.8, 4) is 11.4 Å². The van der Waals surface area contributed by atoms with E-state index < -0.39 is 10.2 Å². The van der Waals surface area contributed by atoms with Gasteiger partial charge >= 0.3 is 0 Å². The third-order valence-corrected chi connectivity index (χ3v) is 5.55. The molecule has 9 nitrogen and oxygen atoms in total. The Labute approximate surface area is 171 Å². The number of hydrogen-bond acceptors (Lipinski definition) is 7. The molecule has 1 aromatic carbocycles. The van der Waals surface area contributed by atoms with Gasteiger partial charge in [-0.3, -0.25) is 19.9 Å². The van der Waals surface area contributed by atoms with Crippen LogP contribution in [0.25, 0.3) is 11.4 Å². The summed E-state index contributed by atoms with van der Waals surface area (Å²) in [4.78, 5) is 27.2. The lowest BCUT2D eigenvalue weighted by molar-refractivity contribution is -0.384. The number of hydrogen-bond donors (Lipinski definition) is 1. The van der Waals surface area contributed by atoms with E-state index >= 15 is 0 Å². The molecule has 0 aliphatic rings. The Kier molecular flexibility index (Phi) is 6.55. The van der Waals surface area contributed by atoms with Crippen LogP contribution in [-0.4, -0.2) is 35.8 Å². The largest absolute Gasteiger partial charge is 0.325 e. The minimum Gasteiger partial charge on any atom is -0.325 e. The third-order valence-electron chi connectivity index (χ3n) is 4.21. The van der Waals surface area contributed by atoms with Gasteiger partial charge in [0.1, 0.15) is 0 Å². The fourth-order valence-corrected chi connectivity index (χ4v) is 3.76. The zero-order chi connectivity index (χ0) is 20.8. The summed E-state index contributed by atoms with van der Waals surface area (Å²) in [5, 5.41) is 22.4. The van der Waals surface area contributed by atoms with Crippen LogP contribution in [0.15, 0.2) is 53.9 Å². The molecular weight excluding hydrogens is 392 g/mol. The Bertz CT molecular complexity index is 1010. The second kappa shape index (κ2) is 9.28. The predicted octanol–water partition coefficient (Wildman–Crippen LogP) is 3.78. The van der Waals surface area contributed by atoms with Gasteiger partial charge in [-0.25, -0.2) is 0 Å². The lowest BCUT2D eigenvalue weighted by Gasteiger charge is -2.15. The van der Waals surface area contributed by atoms with Gasteiger partial charge in [0.25, 0.3) is 5.69 Å². The van der Waals surface area contributed by atoms with Gasteiger partial charge in [0.15, 0.2) is 11.0 Å². The molecule has 3 aromatic rings. The Hall–Kier alpha value is -3.27. The summed E-state index contributed by atoms with van der Waals surface area (Å²) < 4.78 is 1.95. The van der Waals surface area contributed by atoms with Crippen molar-refractivity contribution in [2.75, 3.05) is 5.32 Å². The number of nitrogens with zero attached hydrogens (tertiary/aromatic N) is 5. The maximum Gasteiger partial charge on any atom is 0.271 e. The zero-order valence-electron chi connectivity index (χ0n) is 16.0. The topological polar surface area (TPSA) is 116 Å². The number of anilines is 1.